The standard InChI is InChI=1S/C18H18ClF3N2O2S/c1-11-4-3-5-14(8-11)26-12(2)16(25)23-6-7-27-17-15(19)9-13(10-24-17)18(20,21)22/h3-5,8-10,12H,6-7H2,1-2H3,(H,23,25). The first-order chi connectivity index (χ1) is 12.7. The molecular formula is C18H18ClF3N2O2S. The number of aromatic nitrogens is 1. The number of rotatable bonds is 7. The fourth-order valence-corrected chi connectivity index (χ4v) is 3.15. The highest BCUT2D eigenvalue weighted by atomic mass is 35.5. The molecule has 1 aromatic heterocycles. The van der Waals surface area contributed by atoms with Gasteiger partial charge in [-0.25, -0.2) is 4.98 Å². The van der Waals surface area contributed by atoms with Crippen LogP contribution in [-0.2, 0) is 11.0 Å². The van der Waals surface area contributed by atoms with Gasteiger partial charge in [0.2, 0.25) is 0 Å². The monoisotopic (exact) mass is 418 g/mol. The van der Waals surface area contributed by atoms with Crippen LogP contribution in [0.5, 0.6) is 5.75 Å². The Labute approximate surface area is 164 Å². The van der Waals surface area contributed by atoms with Crippen LogP contribution in [0, 0.1) is 6.92 Å². The second-order valence-corrected chi connectivity index (χ2v) is 7.22. The summed E-state index contributed by atoms with van der Waals surface area (Å²) in [7, 11) is 0. The lowest BCUT2D eigenvalue weighted by atomic mass is 10.2. The normalized spacial score (nSPS) is 12.5. The van der Waals surface area contributed by atoms with E-state index in [0.29, 0.717) is 18.0 Å². The third-order valence-corrected chi connectivity index (χ3v) is 4.85. The van der Waals surface area contributed by atoms with Gasteiger partial charge < -0.3 is 10.1 Å². The maximum atomic E-state index is 12.6. The molecule has 1 aromatic carbocycles. The number of hydrogen-bond acceptors (Lipinski definition) is 4. The minimum atomic E-state index is -4.48. The topological polar surface area (TPSA) is 51.2 Å². The lowest BCUT2D eigenvalue weighted by Gasteiger charge is -2.15. The number of nitrogens with zero attached hydrogens (tertiary/aromatic N) is 1. The van der Waals surface area contributed by atoms with Crippen molar-refractivity contribution < 1.29 is 22.7 Å². The third-order valence-electron chi connectivity index (χ3n) is 3.45. The summed E-state index contributed by atoms with van der Waals surface area (Å²) in [5.74, 6) is 0.720. The lowest BCUT2D eigenvalue weighted by Crippen LogP contribution is -2.37. The summed E-state index contributed by atoms with van der Waals surface area (Å²) in [6.45, 7) is 3.86. The van der Waals surface area contributed by atoms with Crippen molar-refractivity contribution in [3.63, 3.8) is 0 Å². The van der Waals surface area contributed by atoms with Gasteiger partial charge in [0.05, 0.1) is 10.6 Å². The number of pyridine rings is 1. The zero-order valence-electron chi connectivity index (χ0n) is 14.6. The van der Waals surface area contributed by atoms with E-state index < -0.39 is 17.8 Å². The first-order valence-electron chi connectivity index (χ1n) is 8.03. The van der Waals surface area contributed by atoms with Crippen LogP contribution in [0.3, 0.4) is 0 Å². The van der Waals surface area contributed by atoms with E-state index in [2.05, 4.69) is 10.3 Å². The van der Waals surface area contributed by atoms with Gasteiger partial charge in [-0.1, -0.05) is 23.7 Å². The SMILES string of the molecule is Cc1cccc(OC(C)C(=O)NCCSc2ncc(C(F)(F)F)cc2Cl)c1. The van der Waals surface area contributed by atoms with E-state index in [1.165, 1.54) is 0 Å². The third kappa shape index (κ3) is 6.62. The molecule has 146 valence electrons. The van der Waals surface area contributed by atoms with Crippen molar-refractivity contribution in [2.45, 2.75) is 31.2 Å². The van der Waals surface area contributed by atoms with Gasteiger partial charge in [0.25, 0.3) is 5.91 Å². The summed E-state index contributed by atoms with van der Waals surface area (Å²) in [5.41, 5.74) is 0.129. The first kappa shape index (κ1) is 21.4. The van der Waals surface area contributed by atoms with Crippen LogP contribution in [0.1, 0.15) is 18.1 Å². The van der Waals surface area contributed by atoms with Gasteiger partial charge >= 0.3 is 6.18 Å². The Hall–Kier alpha value is -1.93. The maximum Gasteiger partial charge on any atom is 0.417 e. The van der Waals surface area contributed by atoms with Gasteiger partial charge in [0, 0.05) is 18.5 Å². The molecule has 1 unspecified atom stereocenters. The average molecular weight is 419 g/mol. The summed E-state index contributed by atoms with van der Waals surface area (Å²) in [6, 6.07) is 8.21. The Morgan fingerprint density at radius 3 is 2.74 bits per heavy atom. The van der Waals surface area contributed by atoms with E-state index >= 15 is 0 Å². The molecule has 0 bridgehead atoms. The van der Waals surface area contributed by atoms with Gasteiger partial charge in [0.15, 0.2) is 6.10 Å². The Kier molecular flexibility index (Phi) is 7.38. The number of halogens is 4. The average Bonchev–Trinajstić information content (AvgIpc) is 2.58. The van der Waals surface area contributed by atoms with E-state index in [9.17, 15) is 18.0 Å². The summed E-state index contributed by atoms with van der Waals surface area (Å²) in [5, 5.41) is 2.92. The molecule has 4 nitrogen and oxygen atoms in total. The molecule has 1 N–H and O–H groups in total. The van der Waals surface area contributed by atoms with Gasteiger partial charge in [-0.05, 0) is 37.6 Å². The van der Waals surface area contributed by atoms with Crippen LogP contribution in [0.4, 0.5) is 13.2 Å². The zero-order valence-corrected chi connectivity index (χ0v) is 16.2. The molecule has 0 saturated heterocycles. The second-order valence-electron chi connectivity index (χ2n) is 5.72. The van der Waals surface area contributed by atoms with Crippen molar-refractivity contribution >= 4 is 29.3 Å². The van der Waals surface area contributed by atoms with Crippen LogP contribution in [0.25, 0.3) is 0 Å². The highest BCUT2D eigenvalue weighted by Crippen LogP contribution is 2.33. The highest BCUT2D eigenvalue weighted by Gasteiger charge is 2.31. The van der Waals surface area contributed by atoms with E-state index in [1.54, 1.807) is 13.0 Å². The Bertz CT molecular complexity index is 802. The quantitative estimate of drug-likeness (QED) is 0.521. The summed E-state index contributed by atoms with van der Waals surface area (Å²) < 4.78 is 43.3. The smallest absolute Gasteiger partial charge is 0.417 e. The molecule has 27 heavy (non-hydrogen) atoms. The number of nitrogens with one attached hydrogen (secondary N) is 1. The number of carbonyl (C=O) groups excluding carboxylic acids is 1. The molecule has 0 spiro atoms. The van der Waals surface area contributed by atoms with Crippen molar-refractivity contribution in [3.05, 3.63) is 52.7 Å². The fourth-order valence-electron chi connectivity index (χ4n) is 2.10. The molecule has 1 atom stereocenters. The molecule has 9 heteroatoms. The van der Waals surface area contributed by atoms with Crippen molar-refractivity contribution in [2.75, 3.05) is 12.3 Å². The van der Waals surface area contributed by atoms with Crippen LogP contribution in [0.2, 0.25) is 5.02 Å². The number of amides is 1. The van der Waals surface area contributed by atoms with Crippen LogP contribution in [-0.4, -0.2) is 29.3 Å². The molecule has 0 aliphatic heterocycles. The van der Waals surface area contributed by atoms with Crippen molar-refractivity contribution in [1.29, 1.82) is 0 Å². The number of ether oxygens (including phenoxy) is 1. The van der Waals surface area contributed by atoms with Crippen LogP contribution >= 0.6 is 23.4 Å². The minimum Gasteiger partial charge on any atom is -0.481 e. The Balaban J connectivity index is 1.78. The predicted octanol–water partition coefficient (Wildman–Crippen LogP) is 4.74. The van der Waals surface area contributed by atoms with Gasteiger partial charge in [-0.3, -0.25) is 4.79 Å². The number of carbonyl (C=O) groups is 1. The number of alkyl halides is 3. The molecular weight excluding hydrogens is 401 g/mol. The van der Waals surface area contributed by atoms with E-state index in [1.807, 2.05) is 25.1 Å². The van der Waals surface area contributed by atoms with Gasteiger partial charge in [-0.2, -0.15) is 13.2 Å². The predicted molar refractivity (Wildman–Crippen MR) is 99.3 cm³/mol. The van der Waals surface area contributed by atoms with Crippen molar-refractivity contribution in [2.24, 2.45) is 0 Å². The van der Waals surface area contributed by atoms with Crippen LogP contribution < -0.4 is 10.1 Å². The van der Waals surface area contributed by atoms with Gasteiger partial charge in [-0.15, -0.1) is 11.8 Å². The molecule has 0 radical (unpaired) electrons. The second kappa shape index (κ2) is 9.32. The maximum absolute atomic E-state index is 12.6. The summed E-state index contributed by atoms with van der Waals surface area (Å²) in [6.07, 6.45) is -4.42. The molecule has 0 aliphatic rings. The number of hydrogen-bond donors (Lipinski definition) is 1. The molecule has 0 fully saturated rings. The van der Waals surface area contributed by atoms with E-state index in [4.69, 9.17) is 16.3 Å². The van der Waals surface area contributed by atoms with E-state index in [0.717, 1.165) is 29.6 Å². The summed E-state index contributed by atoms with van der Waals surface area (Å²) >= 11 is 7.00. The fraction of sp³-hybridized carbons (Fsp3) is 0.333. The molecule has 0 saturated carbocycles. The van der Waals surface area contributed by atoms with Crippen molar-refractivity contribution in [3.8, 4) is 5.75 Å². The number of aryl methyl sites for hydroxylation is 1. The van der Waals surface area contributed by atoms with Crippen molar-refractivity contribution in [1.82, 2.24) is 10.3 Å². The largest absolute Gasteiger partial charge is 0.481 e. The highest BCUT2D eigenvalue weighted by molar-refractivity contribution is 7.99. The first-order valence-corrected chi connectivity index (χ1v) is 9.40. The minimum absolute atomic E-state index is 0.0719. The molecule has 2 rings (SSSR count). The Morgan fingerprint density at radius 1 is 1.37 bits per heavy atom. The van der Waals surface area contributed by atoms with E-state index in [-0.39, 0.29) is 16.0 Å². The molecule has 0 aliphatic carbocycles. The number of benzene rings is 1. The lowest BCUT2D eigenvalue weighted by molar-refractivity contribution is -0.137. The molecule has 1 heterocycles. The van der Waals surface area contributed by atoms with Gasteiger partial charge in [0.1, 0.15) is 10.8 Å². The number of thioether (sulfide) groups is 1. The molecule has 2 aromatic rings. The zero-order chi connectivity index (χ0) is 20.0. The molecule has 1 amide bonds. The van der Waals surface area contributed by atoms with Crippen LogP contribution in [0.15, 0.2) is 41.6 Å². The summed E-state index contributed by atoms with van der Waals surface area (Å²) in [4.78, 5) is 15.8. The Morgan fingerprint density at radius 2 is 2.11 bits per heavy atom.